The van der Waals surface area contributed by atoms with Gasteiger partial charge in [0.15, 0.2) is 0 Å². The number of ether oxygens (including phenoxy) is 1. The normalized spacial score (nSPS) is 21.0. The number of carbonyl (C=O) groups is 2. The summed E-state index contributed by atoms with van der Waals surface area (Å²) in [5, 5.41) is 0. The van der Waals surface area contributed by atoms with Crippen LogP contribution in [0.1, 0.15) is 38.5 Å². The maximum Gasteiger partial charge on any atom is 0.236 e. The van der Waals surface area contributed by atoms with E-state index >= 15 is 0 Å². The summed E-state index contributed by atoms with van der Waals surface area (Å²) < 4.78 is 5.23. The summed E-state index contributed by atoms with van der Waals surface area (Å²) in [5.41, 5.74) is 1.17. The monoisotopic (exact) mass is 442 g/mol. The number of benzene rings is 1. The number of carbonyl (C=O) groups excluding carboxylic acids is 2. The first kappa shape index (κ1) is 22.9. The molecule has 0 aromatic heterocycles. The molecule has 32 heavy (non-hydrogen) atoms. The third kappa shape index (κ3) is 5.94. The fourth-order valence-electron chi connectivity index (χ4n) is 5.22. The van der Waals surface area contributed by atoms with Crippen LogP contribution in [0.2, 0.25) is 0 Å². The van der Waals surface area contributed by atoms with Crippen LogP contribution in [-0.2, 0) is 9.59 Å². The lowest BCUT2D eigenvalue weighted by Gasteiger charge is -2.39. The van der Waals surface area contributed by atoms with Gasteiger partial charge < -0.3 is 19.4 Å². The predicted molar refractivity (Wildman–Crippen MR) is 126 cm³/mol. The Bertz CT molecular complexity index is 747. The van der Waals surface area contributed by atoms with Gasteiger partial charge in [-0.15, -0.1) is 0 Å². The minimum atomic E-state index is 0.210. The van der Waals surface area contributed by atoms with Gasteiger partial charge in [0.1, 0.15) is 5.75 Å². The van der Waals surface area contributed by atoms with E-state index in [9.17, 15) is 9.59 Å². The van der Waals surface area contributed by atoms with Crippen LogP contribution < -0.4 is 9.64 Å². The molecule has 2 amide bonds. The second kappa shape index (κ2) is 11.0. The van der Waals surface area contributed by atoms with Gasteiger partial charge in [-0.2, -0.15) is 0 Å². The van der Waals surface area contributed by atoms with Gasteiger partial charge in [0.05, 0.1) is 13.7 Å². The number of nitrogens with zero attached hydrogens (tertiary/aromatic N) is 4. The van der Waals surface area contributed by atoms with Gasteiger partial charge >= 0.3 is 0 Å². The molecular formula is C25H38N4O3. The van der Waals surface area contributed by atoms with Crippen LogP contribution in [-0.4, -0.2) is 92.5 Å². The molecule has 2 saturated heterocycles. The van der Waals surface area contributed by atoms with E-state index < -0.39 is 0 Å². The molecule has 3 fully saturated rings. The van der Waals surface area contributed by atoms with Crippen LogP contribution in [0.4, 0.5) is 5.69 Å². The fourth-order valence-corrected chi connectivity index (χ4v) is 5.22. The minimum absolute atomic E-state index is 0.210. The van der Waals surface area contributed by atoms with E-state index in [-0.39, 0.29) is 5.91 Å². The first-order valence-electron chi connectivity index (χ1n) is 12.3. The SMILES string of the molecule is COc1ccc(N2CCN(C(=O)CN3CCN(C(=O)CC4CCCCC4)CC3)CC2)cc1. The summed E-state index contributed by atoms with van der Waals surface area (Å²) >= 11 is 0. The highest BCUT2D eigenvalue weighted by molar-refractivity contribution is 5.79. The average molecular weight is 443 g/mol. The van der Waals surface area contributed by atoms with E-state index in [0.717, 1.165) is 64.5 Å². The summed E-state index contributed by atoms with van der Waals surface area (Å²) in [6.07, 6.45) is 7.04. The van der Waals surface area contributed by atoms with Crippen molar-refractivity contribution in [3.05, 3.63) is 24.3 Å². The summed E-state index contributed by atoms with van der Waals surface area (Å²) in [6, 6.07) is 8.11. The Hall–Kier alpha value is -2.28. The quantitative estimate of drug-likeness (QED) is 0.678. The Morgan fingerprint density at radius 1 is 0.812 bits per heavy atom. The van der Waals surface area contributed by atoms with Crippen molar-refractivity contribution in [2.24, 2.45) is 5.92 Å². The van der Waals surface area contributed by atoms with Crippen molar-refractivity contribution in [3.8, 4) is 5.75 Å². The van der Waals surface area contributed by atoms with Gasteiger partial charge in [-0.1, -0.05) is 19.3 Å². The summed E-state index contributed by atoms with van der Waals surface area (Å²) in [4.78, 5) is 34.0. The van der Waals surface area contributed by atoms with Gasteiger partial charge in [0, 0.05) is 64.5 Å². The molecule has 0 bridgehead atoms. The van der Waals surface area contributed by atoms with E-state index in [4.69, 9.17) is 4.74 Å². The van der Waals surface area contributed by atoms with Crippen LogP contribution in [0.25, 0.3) is 0 Å². The molecular weight excluding hydrogens is 404 g/mol. The minimum Gasteiger partial charge on any atom is -0.497 e. The number of amides is 2. The molecule has 7 heteroatoms. The third-order valence-electron chi connectivity index (χ3n) is 7.34. The molecule has 0 radical (unpaired) electrons. The van der Waals surface area contributed by atoms with Crippen molar-refractivity contribution in [3.63, 3.8) is 0 Å². The van der Waals surface area contributed by atoms with Crippen molar-refractivity contribution in [2.45, 2.75) is 38.5 Å². The molecule has 0 spiro atoms. The summed E-state index contributed by atoms with van der Waals surface area (Å²) in [7, 11) is 1.68. The first-order valence-corrected chi connectivity index (χ1v) is 12.3. The Labute approximate surface area is 192 Å². The summed E-state index contributed by atoms with van der Waals surface area (Å²) in [6.45, 7) is 6.78. The molecule has 1 aromatic rings. The van der Waals surface area contributed by atoms with Crippen LogP contribution in [0.3, 0.4) is 0 Å². The lowest BCUT2D eigenvalue weighted by atomic mass is 9.86. The van der Waals surface area contributed by atoms with Crippen LogP contribution >= 0.6 is 0 Å². The van der Waals surface area contributed by atoms with Crippen molar-refractivity contribution < 1.29 is 14.3 Å². The molecule has 1 aromatic carbocycles. The number of piperazine rings is 2. The summed E-state index contributed by atoms with van der Waals surface area (Å²) in [5.74, 6) is 1.98. The maximum absolute atomic E-state index is 12.8. The van der Waals surface area contributed by atoms with Crippen molar-refractivity contribution in [1.82, 2.24) is 14.7 Å². The molecule has 1 saturated carbocycles. The van der Waals surface area contributed by atoms with E-state index in [1.807, 2.05) is 21.9 Å². The largest absolute Gasteiger partial charge is 0.497 e. The Balaban J connectivity index is 1.16. The van der Waals surface area contributed by atoms with Crippen molar-refractivity contribution >= 4 is 17.5 Å². The first-order chi connectivity index (χ1) is 15.6. The van der Waals surface area contributed by atoms with E-state index in [0.29, 0.717) is 18.4 Å². The smallest absolute Gasteiger partial charge is 0.236 e. The fraction of sp³-hybridized carbons (Fsp3) is 0.680. The van der Waals surface area contributed by atoms with E-state index in [1.54, 1.807) is 7.11 Å². The second-order valence-corrected chi connectivity index (χ2v) is 9.43. The molecule has 2 aliphatic heterocycles. The van der Waals surface area contributed by atoms with Gasteiger partial charge in [-0.3, -0.25) is 14.5 Å². The molecule has 3 aliphatic rings. The molecule has 176 valence electrons. The number of hydrogen-bond donors (Lipinski definition) is 0. The maximum atomic E-state index is 12.8. The highest BCUT2D eigenvalue weighted by Gasteiger charge is 2.27. The standard InChI is InChI=1S/C25H38N4O3/c1-32-23-9-7-22(8-10-23)27-15-17-29(18-16-27)25(31)20-26-11-13-28(14-12-26)24(30)19-21-5-3-2-4-6-21/h7-10,21H,2-6,11-20H2,1H3. The Morgan fingerprint density at radius 2 is 1.41 bits per heavy atom. The lowest BCUT2D eigenvalue weighted by Crippen LogP contribution is -2.54. The zero-order valence-electron chi connectivity index (χ0n) is 19.5. The second-order valence-electron chi connectivity index (χ2n) is 9.43. The Morgan fingerprint density at radius 3 is 2.03 bits per heavy atom. The number of methoxy groups -OCH3 is 1. The molecule has 7 nitrogen and oxygen atoms in total. The number of anilines is 1. The third-order valence-corrected chi connectivity index (χ3v) is 7.34. The van der Waals surface area contributed by atoms with E-state index in [1.165, 1.54) is 37.8 Å². The van der Waals surface area contributed by atoms with Crippen molar-refractivity contribution in [1.29, 1.82) is 0 Å². The average Bonchev–Trinajstić information content (AvgIpc) is 2.85. The Kier molecular flexibility index (Phi) is 7.90. The number of hydrogen-bond acceptors (Lipinski definition) is 5. The van der Waals surface area contributed by atoms with Crippen LogP contribution in [0, 0.1) is 5.92 Å². The number of rotatable bonds is 6. The molecule has 0 N–H and O–H groups in total. The van der Waals surface area contributed by atoms with Gasteiger partial charge in [0.25, 0.3) is 0 Å². The van der Waals surface area contributed by atoms with Crippen LogP contribution in [0.15, 0.2) is 24.3 Å². The predicted octanol–water partition coefficient (Wildman–Crippen LogP) is 2.46. The highest BCUT2D eigenvalue weighted by Crippen LogP contribution is 2.27. The van der Waals surface area contributed by atoms with E-state index in [2.05, 4.69) is 21.9 Å². The van der Waals surface area contributed by atoms with Gasteiger partial charge in [-0.05, 0) is 43.0 Å². The zero-order chi connectivity index (χ0) is 22.3. The molecule has 4 rings (SSSR count). The molecule has 2 heterocycles. The van der Waals surface area contributed by atoms with Crippen LogP contribution in [0.5, 0.6) is 5.75 Å². The zero-order valence-corrected chi connectivity index (χ0v) is 19.5. The highest BCUT2D eigenvalue weighted by atomic mass is 16.5. The topological polar surface area (TPSA) is 56.3 Å². The lowest BCUT2D eigenvalue weighted by molar-refractivity contribution is -0.136. The molecule has 1 aliphatic carbocycles. The van der Waals surface area contributed by atoms with Gasteiger partial charge in [0.2, 0.25) is 11.8 Å². The van der Waals surface area contributed by atoms with Crippen molar-refractivity contribution in [2.75, 3.05) is 70.9 Å². The van der Waals surface area contributed by atoms with Gasteiger partial charge in [-0.25, -0.2) is 0 Å². The molecule has 0 atom stereocenters. The molecule has 0 unspecified atom stereocenters.